The van der Waals surface area contributed by atoms with E-state index >= 15 is 0 Å². The summed E-state index contributed by atoms with van der Waals surface area (Å²) in [7, 11) is 1.98. The summed E-state index contributed by atoms with van der Waals surface area (Å²) in [4.78, 5) is 0. The molecule has 0 aliphatic heterocycles. The van der Waals surface area contributed by atoms with Gasteiger partial charge in [-0.15, -0.1) is 0 Å². The lowest BCUT2D eigenvalue weighted by molar-refractivity contribution is 0.129. The van der Waals surface area contributed by atoms with Crippen LogP contribution in [0.15, 0.2) is 6.07 Å². The Balaban J connectivity index is 2.80. The number of aromatic nitrogens is 2. The van der Waals surface area contributed by atoms with Gasteiger partial charge in [-0.1, -0.05) is 27.2 Å². The first-order valence-electron chi connectivity index (χ1n) is 6.17. The lowest BCUT2D eigenvalue weighted by atomic mass is 9.82. The van der Waals surface area contributed by atoms with E-state index in [2.05, 4.69) is 31.9 Å². The number of hydrogen-bond acceptors (Lipinski definition) is 2. The highest BCUT2D eigenvalue weighted by Crippen LogP contribution is 2.27. The molecule has 0 aromatic carbocycles. The number of aliphatic hydroxyl groups is 1. The minimum Gasteiger partial charge on any atom is -0.396 e. The summed E-state index contributed by atoms with van der Waals surface area (Å²) in [6.45, 7) is 6.67. The van der Waals surface area contributed by atoms with Crippen LogP contribution in [0.3, 0.4) is 0 Å². The third kappa shape index (κ3) is 3.08. The molecule has 1 rings (SSSR count). The average molecular weight is 224 g/mol. The van der Waals surface area contributed by atoms with E-state index in [0.717, 1.165) is 31.4 Å². The van der Waals surface area contributed by atoms with Gasteiger partial charge in [0.2, 0.25) is 0 Å². The molecule has 0 spiro atoms. The van der Waals surface area contributed by atoms with Crippen LogP contribution >= 0.6 is 0 Å². The first kappa shape index (κ1) is 13.2. The molecule has 1 heterocycles. The second-order valence-electron chi connectivity index (χ2n) is 5.00. The standard InChI is InChI=1S/C13H24N2O/c1-5-7-13(3,10-16)9-12-8-11(6-2)14-15(12)4/h8,16H,5-7,9-10H2,1-4H3. The number of rotatable bonds is 6. The van der Waals surface area contributed by atoms with Gasteiger partial charge in [0, 0.05) is 19.3 Å². The molecule has 92 valence electrons. The summed E-state index contributed by atoms with van der Waals surface area (Å²) in [5.74, 6) is 0. The Hall–Kier alpha value is -0.830. The zero-order valence-electron chi connectivity index (χ0n) is 11.0. The van der Waals surface area contributed by atoms with Gasteiger partial charge < -0.3 is 5.11 Å². The average Bonchev–Trinajstić information content (AvgIpc) is 2.60. The van der Waals surface area contributed by atoms with Crippen molar-refractivity contribution in [3.63, 3.8) is 0 Å². The third-order valence-corrected chi connectivity index (χ3v) is 3.23. The first-order chi connectivity index (χ1) is 7.54. The van der Waals surface area contributed by atoms with Crippen molar-refractivity contribution in [2.24, 2.45) is 12.5 Å². The molecule has 0 fully saturated rings. The van der Waals surface area contributed by atoms with Crippen molar-refractivity contribution in [3.05, 3.63) is 17.5 Å². The van der Waals surface area contributed by atoms with E-state index in [0.29, 0.717) is 0 Å². The second-order valence-corrected chi connectivity index (χ2v) is 5.00. The minimum absolute atomic E-state index is 0.00639. The molecule has 1 atom stereocenters. The van der Waals surface area contributed by atoms with E-state index in [4.69, 9.17) is 0 Å². The van der Waals surface area contributed by atoms with Gasteiger partial charge in [0.15, 0.2) is 0 Å². The molecule has 1 N–H and O–H groups in total. The summed E-state index contributed by atoms with van der Waals surface area (Å²) < 4.78 is 1.95. The van der Waals surface area contributed by atoms with Crippen LogP contribution < -0.4 is 0 Å². The molecule has 3 nitrogen and oxygen atoms in total. The van der Waals surface area contributed by atoms with Crippen LogP contribution in [0, 0.1) is 5.41 Å². The van der Waals surface area contributed by atoms with E-state index in [1.165, 1.54) is 5.69 Å². The smallest absolute Gasteiger partial charge is 0.0624 e. The topological polar surface area (TPSA) is 38.1 Å². The fourth-order valence-corrected chi connectivity index (χ4v) is 2.17. The van der Waals surface area contributed by atoms with Gasteiger partial charge in [0.25, 0.3) is 0 Å². The third-order valence-electron chi connectivity index (χ3n) is 3.23. The summed E-state index contributed by atoms with van der Waals surface area (Å²) in [5, 5.41) is 13.9. The van der Waals surface area contributed by atoms with Crippen LogP contribution in [-0.2, 0) is 19.9 Å². The van der Waals surface area contributed by atoms with Crippen molar-refractivity contribution in [3.8, 4) is 0 Å². The summed E-state index contributed by atoms with van der Waals surface area (Å²) in [5.41, 5.74) is 2.35. The van der Waals surface area contributed by atoms with Crippen molar-refractivity contribution in [1.82, 2.24) is 9.78 Å². The molecule has 0 radical (unpaired) electrons. The Morgan fingerprint density at radius 1 is 1.44 bits per heavy atom. The van der Waals surface area contributed by atoms with Crippen LogP contribution in [0.2, 0.25) is 0 Å². The lowest BCUT2D eigenvalue weighted by Gasteiger charge is -2.26. The second kappa shape index (κ2) is 5.48. The molecule has 1 aromatic rings. The number of aryl methyl sites for hydroxylation is 2. The van der Waals surface area contributed by atoms with Crippen LogP contribution in [0.25, 0.3) is 0 Å². The van der Waals surface area contributed by atoms with Crippen LogP contribution in [0.5, 0.6) is 0 Å². The number of aliphatic hydroxyl groups excluding tert-OH is 1. The Kier molecular flexibility index (Phi) is 4.54. The molecular weight excluding hydrogens is 200 g/mol. The van der Waals surface area contributed by atoms with Crippen molar-refractivity contribution >= 4 is 0 Å². The molecule has 1 unspecified atom stereocenters. The monoisotopic (exact) mass is 224 g/mol. The molecule has 0 amide bonds. The van der Waals surface area contributed by atoms with Crippen LogP contribution in [-0.4, -0.2) is 21.5 Å². The molecule has 16 heavy (non-hydrogen) atoms. The largest absolute Gasteiger partial charge is 0.396 e. The summed E-state index contributed by atoms with van der Waals surface area (Å²) >= 11 is 0. The van der Waals surface area contributed by atoms with Crippen LogP contribution in [0.4, 0.5) is 0 Å². The number of hydrogen-bond donors (Lipinski definition) is 1. The SMILES string of the molecule is CCCC(C)(CO)Cc1cc(CC)nn1C. The predicted octanol–water partition coefficient (Wildman–Crippen LogP) is 2.32. The Labute approximate surface area is 98.5 Å². The molecule has 3 heteroatoms. The van der Waals surface area contributed by atoms with E-state index in [9.17, 15) is 5.11 Å². The fourth-order valence-electron chi connectivity index (χ4n) is 2.17. The maximum atomic E-state index is 9.50. The predicted molar refractivity (Wildman–Crippen MR) is 66.4 cm³/mol. The molecule has 1 aromatic heterocycles. The summed E-state index contributed by atoms with van der Waals surface area (Å²) in [6.07, 6.45) is 4.03. The molecule has 0 saturated heterocycles. The van der Waals surface area contributed by atoms with E-state index in [-0.39, 0.29) is 12.0 Å². The van der Waals surface area contributed by atoms with E-state index in [1.807, 2.05) is 11.7 Å². The van der Waals surface area contributed by atoms with Gasteiger partial charge >= 0.3 is 0 Å². The Bertz CT molecular complexity index is 333. The Morgan fingerprint density at radius 2 is 2.12 bits per heavy atom. The molecule has 0 saturated carbocycles. The molecule has 0 bridgehead atoms. The maximum absolute atomic E-state index is 9.50. The van der Waals surface area contributed by atoms with Crippen molar-refractivity contribution in [2.75, 3.05) is 6.61 Å². The van der Waals surface area contributed by atoms with Crippen molar-refractivity contribution in [1.29, 1.82) is 0 Å². The summed E-state index contributed by atoms with van der Waals surface area (Å²) in [6, 6.07) is 2.16. The zero-order valence-corrected chi connectivity index (χ0v) is 11.0. The van der Waals surface area contributed by atoms with Gasteiger partial charge in [-0.25, -0.2) is 0 Å². The fraction of sp³-hybridized carbons (Fsp3) is 0.769. The van der Waals surface area contributed by atoms with Gasteiger partial charge in [-0.05, 0) is 30.7 Å². The molecular formula is C13H24N2O. The van der Waals surface area contributed by atoms with Gasteiger partial charge in [-0.3, -0.25) is 4.68 Å². The maximum Gasteiger partial charge on any atom is 0.0624 e. The van der Waals surface area contributed by atoms with Gasteiger partial charge in [-0.2, -0.15) is 5.10 Å². The van der Waals surface area contributed by atoms with Gasteiger partial charge in [0.05, 0.1) is 5.69 Å². The van der Waals surface area contributed by atoms with Crippen molar-refractivity contribution < 1.29 is 5.11 Å². The quantitative estimate of drug-likeness (QED) is 0.805. The highest BCUT2D eigenvalue weighted by molar-refractivity contribution is 5.12. The van der Waals surface area contributed by atoms with E-state index < -0.39 is 0 Å². The first-order valence-corrected chi connectivity index (χ1v) is 6.17. The lowest BCUT2D eigenvalue weighted by Crippen LogP contribution is -2.25. The van der Waals surface area contributed by atoms with Crippen molar-refractivity contribution in [2.45, 2.75) is 46.5 Å². The molecule has 0 aliphatic carbocycles. The van der Waals surface area contributed by atoms with Crippen LogP contribution in [0.1, 0.15) is 45.0 Å². The number of nitrogens with zero attached hydrogens (tertiary/aromatic N) is 2. The molecule has 0 aliphatic rings. The van der Waals surface area contributed by atoms with Gasteiger partial charge in [0.1, 0.15) is 0 Å². The Morgan fingerprint density at radius 3 is 2.56 bits per heavy atom. The highest BCUT2D eigenvalue weighted by atomic mass is 16.3. The minimum atomic E-state index is -0.00639. The highest BCUT2D eigenvalue weighted by Gasteiger charge is 2.24. The normalized spacial score (nSPS) is 15.1. The zero-order chi connectivity index (χ0) is 12.2. The van der Waals surface area contributed by atoms with E-state index in [1.54, 1.807) is 0 Å².